The van der Waals surface area contributed by atoms with Crippen LogP contribution >= 0.6 is 0 Å². The third-order valence-corrected chi connectivity index (χ3v) is 5.67. The van der Waals surface area contributed by atoms with E-state index in [-0.39, 0.29) is 11.5 Å². The number of hydrogen-bond acceptors (Lipinski definition) is 6. The smallest absolute Gasteiger partial charge is 0.282 e. The molecule has 4 aromatic rings. The van der Waals surface area contributed by atoms with Gasteiger partial charge in [-0.15, -0.1) is 0 Å². The van der Waals surface area contributed by atoms with Gasteiger partial charge < -0.3 is 9.64 Å². The average Bonchev–Trinajstić information content (AvgIpc) is 2.80. The average molecular weight is 413 g/mol. The normalized spacial score (nSPS) is 14.2. The molecule has 0 N–H and O–H groups in total. The van der Waals surface area contributed by atoms with Gasteiger partial charge in [-0.05, 0) is 42.7 Å². The molecule has 1 aliphatic rings. The van der Waals surface area contributed by atoms with Crippen LogP contribution in [-0.2, 0) is 4.74 Å². The number of aryl methyl sites for hydroxylation is 2. The number of hydrogen-bond donors (Lipinski definition) is 0. The van der Waals surface area contributed by atoms with Crippen LogP contribution in [0, 0.1) is 13.8 Å². The highest BCUT2D eigenvalue weighted by Gasteiger charge is 2.14. The summed E-state index contributed by atoms with van der Waals surface area (Å²) in [4.78, 5) is 24.0. The van der Waals surface area contributed by atoms with Crippen LogP contribution in [0.1, 0.15) is 11.1 Å². The maximum absolute atomic E-state index is 13.1. The van der Waals surface area contributed by atoms with Crippen molar-refractivity contribution >= 4 is 16.5 Å². The summed E-state index contributed by atoms with van der Waals surface area (Å²) in [5.41, 5.74) is 5.33. The number of morpholine rings is 1. The van der Waals surface area contributed by atoms with Crippen LogP contribution in [0.15, 0.2) is 59.8 Å². The number of ether oxygens (including phenoxy) is 1. The first-order chi connectivity index (χ1) is 15.1. The van der Waals surface area contributed by atoms with E-state index < -0.39 is 0 Å². The highest BCUT2D eigenvalue weighted by molar-refractivity contribution is 5.86. The van der Waals surface area contributed by atoms with Gasteiger partial charge in [-0.3, -0.25) is 4.79 Å². The number of nitrogens with zero attached hydrogens (tertiary/aromatic N) is 5. The van der Waals surface area contributed by atoms with Gasteiger partial charge >= 0.3 is 0 Å². The van der Waals surface area contributed by atoms with Crippen LogP contribution < -0.4 is 10.5 Å². The Labute approximate surface area is 180 Å². The predicted molar refractivity (Wildman–Crippen MR) is 121 cm³/mol. The predicted octanol–water partition coefficient (Wildman–Crippen LogP) is 3.30. The second-order valence-electron chi connectivity index (χ2n) is 7.82. The molecule has 3 heterocycles. The van der Waals surface area contributed by atoms with Crippen molar-refractivity contribution in [3.63, 3.8) is 0 Å². The zero-order chi connectivity index (χ0) is 21.4. The lowest BCUT2D eigenvalue weighted by atomic mass is 9.97. The largest absolute Gasteiger partial charge is 0.378 e. The third-order valence-electron chi connectivity index (χ3n) is 5.67. The Kier molecular flexibility index (Phi) is 4.95. The molecule has 2 aromatic carbocycles. The van der Waals surface area contributed by atoms with Crippen LogP contribution in [0.25, 0.3) is 27.8 Å². The Bertz CT molecular complexity index is 1310. The van der Waals surface area contributed by atoms with E-state index in [4.69, 9.17) is 4.74 Å². The molecule has 0 bridgehead atoms. The number of anilines is 1. The van der Waals surface area contributed by atoms with Gasteiger partial charge in [0.2, 0.25) is 0 Å². The SMILES string of the molecule is Cc1ccc(-c2ccc3c(=O)n(-c4ncc(N5CCOCC5)cn4)ncc3c2)c(C)c1. The Morgan fingerprint density at radius 2 is 1.71 bits per heavy atom. The highest BCUT2D eigenvalue weighted by Crippen LogP contribution is 2.26. The molecule has 7 nitrogen and oxygen atoms in total. The number of aromatic nitrogens is 4. The van der Waals surface area contributed by atoms with Gasteiger partial charge in [0.1, 0.15) is 0 Å². The monoisotopic (exact) mass is 413 g/mol. The molecule has 5 rings (SSSR count). The molecule has 0 atom stereocenters. The van der Waals surface area contributed by atoms with E-state index in [1.807, 2.05) is 18.2 Å². The molecule has 1 saturated heterocycles. The van der Waals surface area contributed by atoms with Gasteiger partial charge in [0.05, 0.1) is 42.9 Å². The Morgan fingerprint density at radius 3 is 2.45 bits per heavy atom. The number of fused-ring (bicyclic) bond motifs is 1. The van der Waals surface area contributed by atoms with E-state index >= 15 is 0 Å². The molecule has 0 aliphatic carbocycles. The third kappa shape index (κ3) is 3.68. The standard InChI is InChI=1S/C24H23N5O2/c1-16-3-5-21(17(2)11-16)18-4-6-22-19(12-18)13-27-29(23(22)30)24-25-14-20(15-26-24)28-7-9-31-10-8-28/h3-6,11-15H,7-10H2,1-2H3. The molecule has 2 aromatic heterocycles. The first-order valence-corrected chi connectivity index (χ1v) is 10.3. The summed E-state index contributed by atoms with van der Waals surface area (Å²) in [6.45, 7) is 7.17. The number of benzene rings is 2. The van der Waals surface area contributed by atoms with Crippen LogP contribution in [0.2, 0.25) is 0 Å². The zero-order valence-corrected chi connectivity index (χ0v) is 17.6. The minimum atomic E-state index is -0.233. The molecule has 0 radical (unpaired) electrons. The van der Waals surface area contributed by atoms with Crippen LogP contribution in [0.3, 0.4) is 0 Å². The summed E-state index contributed by atoms with van der Waals surface area (Å²) in [5.74, 6) is 0.266. The van der Waals surface area contributed by atoms with Crippen molar-refractivity contribution in [3.8, 4) is 17.1 Å². The molecule has 1 aliphatic heterocycles. The van der Waals surface area contributed by atoms with Crippen molar-refractivity contribution in [2.24, 2.45) is 0 Å². The van der Waals surface area contributed by atoms with Crippen molar-refractivity contribution < 1.29 is 4.74 Å². The molecule has 0 unspecified atom stereocenters. The molecule has 0 saturated carbocycles. The van der Waals surface area contributed by atoms with Crippen molar-refractivity contribution in [1.29, 1.82) is 0 Å². The van der Waals surface area contributed by atoms with E-state index in [0.29, 0.717) is 18.6 Å². The Hall–Kier alpha value is -3.58. The van der Waals surface area contributed by atoms with Crippen molar-refractivity contribution in [3.05, 3.63) is 76.5 Å². The molecular weight excluding hydrogens is 390 g/mol. The summed E-state index contributed by atoms with van der Waals surface area (Å²) in [6, 6.07) is 12.2. The quantitative estimate of drug-likeness (QED) is 0.513. The second kappa shape index (κ2) is 7.92. The summed E-state index contributed by atoms with van der Waals surface area (Å²) in [7, 11) is 0. The zero-order valence-electron chi connectivity index (χ0n) is 17.6. The molecule has 0 amide bonds. The van der Waals surface area contributed by atoms with Crippen molar-refractivity contribution in [2.75, 3.05) is 31.2 Å². The van der Waals surface area contributed by atoms with E-state index in [0.717, 1.165) is 35.3 Å². The second-order valence-corrected chi connectivity index (χ2v) is 7.82. The van der Waals surface area contributed by atoms with E-state index in [1.165, 1.54) is 15.8 Å². The van der Waals surface area contributed by atoms with Gasteiger partial charge in [0.15, 0.2) is 0 Å². The summed E-state index contributed by atoms with van der Waals surface area (Å²) in [6.07, 6.45) is 5.16. The molecular formula is C24H23N5O2. The molecule has 1 fully saturated rings. The van der Waals surface area contributed by atoms with E-state index in [9.17, 15) is 4.79 Å². The van der Waals surface area contributed by atoms with Gasteiger partial charge in [-0.2, -0.15) is 9.78 Å². The fourth-order valence-electron chi connectivity index (χ4n) is 4.01. The number of rotatable bonds is 3. The first kappa shape index (κ1) is 19.4. The topological polar surface area (TPSA) is 73.1 Å². The lowest BCUT2D eigenvalue weighted by molar-refractivity contribution is 0.122. The lowest BCUT2D eigenvalue weighted by Crippen LogP contribution is -2.36. The fourth-order valence-corrected chi connectivity index (χ4v) is 4.01. The van der Waals surface area contributed by atoms with Crippen LogP contribution in [0.5, 0.6) is 0 Å². The highest BCUT2D eigenvalue weighted by atomic mass is 16.5. The summed E-state index contributed by atoms with van der Waals surface area (Å²) < 4.78 is 6.63. The lowest BCUT2D eigenvalue weighted by Gasteiger charge is -2.28. The molecule has 7 heteroatoms. The summed E-state index contributed by atoms with van der Waals surface area (Å²) >= 11 is 0. The van der Waals surface area contributed by atoms with Crippen molar-refractivity contribution in [1.82, 2.24) is 19.7 Å². The fraction of sp³-hybridized carbons (Fsp3) is 0.250. The minimum Gasteiger partial charge on any atom is -0.378 e. The maximum Gasteiger partial charge on any atom is 0.282 e. The van der Waals surface area contributed by atoms with Gasteiger partial charge in [0, 0.05) is 18.5 Å². The van der Waals surface area contributed by atoms with Crippen LogP contribution in [-0.4, -0.2) is 46.1 Å². The first-order valence-electron chi connectivity index (χ1n) is 10.3. The van der Waals surface area contributed by atoms with Gasteiger partial charge in [0.25, 0.3) is 11.5 Å². The minimum absolute atomic E-state index is 0.233. The van der Waals surface area contributed by atoms with Gasteiger partial charge in [-0.1, -0.05) is 29.8 Å². The van der Waals surface area contributed by atoms with Gasteiger partial charge in [-0.25, -0.2) is 9.97 Å². The Balaban J connectivity index is 1.49. The summed E-state index contributed by atoms with van der Waals surface area (Å²) in [5, 5.41) is 5.72. The van der Waals surface area contributed by atoms with Crippen molar-refractivity contribution in [2.45, 2.75) is 13.8 Å². The Morgan fingerprint density at radius 1 is 0.935 bits per heavy atom. The van der Waals surface area contributed by atoms with E-state index in [1.54, 1.807) is 18.6 Å². The molecule has 0 spiro atoms. The maximum atomic E-state index is 13.1. The van der Waals surface area contributed by atoms with E-state index in [2.05, 4.69) is 52.0 Å². The molecule has 156 valence electrons. The van der Waals surface area contributed by atoms with Crippen LogP contribution in [0.4, 0.5) is 5.69 Å². The molecule has 31 heavy (non-hydrogen) atoms.